The summed E-state index contributed by atoms with van der Waals surface area (Å²) in [7, 11) is -3.70. The van der Waals surface area contributed by atoms with Gasteiger partial charge < -0.3 is 5.11 Å². The van der Waals surface area contributed by atoms with Gasteiger partial charge in [0.15, 0.2) is 9.84 Å². The van der Waals surface area contributed by atoms with Gasteiger partial charge >= 0.3 is 5.97 Å². The summed E-state index contributed by atoms with van der Waals surface area (Å²) >= 11 is 12.6. The number of halogens is 3. The van der Waals surface area contributed by atoms with Gasteiger partial charge in [0.25, 0.3) is 0 Å². The topological polar surface area (TPSA) is 71.4 Å². The molecular weight excluding hydrogens is 484 g/mol. The quantitative estimate of drug-likeness (QED) is 0.640. The third-order valence-corrected chi connectivity index (χ3v) is 7.91. The van der Waals surface area contributed by atoms with Gasteiger partial charge in [-0.3, -0.25) is 4.79 Å². The van der Waals surface area contributed by atoms with Crippen molar-refractivity contribution in [2.75, 3.05) is 0 Å². The molecule has 2 unspecified atom stereocenters. The smallest absolute Gasteiger partial charge is 0.313 e. The first-order valence-corrected chi connectivity index (χ1v) is 10.6. The normalized spacial score (nSPS) is 24.3. The van der Waals surface area contributed by atoms with Crippen molar-refractivity contribution >= 4 is 59.3 Å². The molecule has 0 spiro atoms. The Balaban J connectivity index is 2.45. The van der Waals surface area contributed by atoms with Crippen LogP contribution in [-0.4, -0.2) is 19.5 Å². The van der Waals surface area contributed by atoms with Crippen LogP contribution in [0, 0.1) is 11.3 Å². The van der Waals surface area contributed by atoms with E-state index in [1.54, 1.807) is 32.0 Å². The Bertz CT molecular complexity index is 841. The van der Waals surface area contributed by atoms with Gasteiger partial charge in [0.1, 0.15) is 0 Å². The molecule has 4 nitrogen and oxygen atoms in total. The highest BCUT2D eigenvalue weighted by atomic mass is 79.9. The first kappa shape index (κ1) is 19.7. The van der Waals surface area contributed by atoms with Gasteiger partial charge in [-0.1, -0.05) is 52.7 Å². The molecule has 1 aromatic carbocycles. The number of hydrogen-bond donors (Lipinski definition) is 1. The van der Waals surface area contributed by atoms with E-state index in [1.165, 1.54) is 12.2 Å². The lowest BCUT2D eigenvalue weighted by molar-refractivity contribution is -0.146. The molecule has 1 N–H and O–H groups in total. The third kappa shape index (κ3) is 3.64. The first-order chi connectivity index (χ1) is 11.0. The van der Waals surface area contributed by atoms with E-state index in [0.717, 1.165) is 0 Å². The lowest BCUT2D eigenvalue weighted by Gasteiger charge is -2.31. The molecule has 0 amide bonds. The molecular formula is C16H15Br2ClO4S. The maximum atomic E-state index is 12.8. The molecule has 2 atom stereocenters. The van der Waals surface area contributed by atoms with Crippen LogP contribution in [0.2, 0.25) is 5.02 Å². The van der Waals surface area contributed by atoms with Crippen LogP contribution in [0.4, 0.5) is 0 Å². The molecule has 24 heavy (non-hydrogen) atoms. The summed E-state index contributed by atoms with van der Waals surface area (Å²) in [6, 6.07) is 5.07. The summed E-state index contributed by atoms with van der Waals surface area (Å²) in [5.74, 6) is -1.76. The van der Waals surface area contributed by atoms with E-state index in [9.17, 15) is 18.3 Å². The fourth-order valence-electron chi connectivity index (χ4n) is 2.39. The van der Waals surface area contributed by atoms with Crippen LogP contribution in [0.5, 0.6) is 0 Å². The Labute approximate surface area is 162 Å². The number of allylic oxidation sites excluding steroid dienone is 2. The standard InChI is InChI=1S/C16H15Br2ClO4S/c1-9-6-14(12(18)7-16(9,2)15(20)21)24(22,23)8-10-11(17)4-3-5-13(10)19/h3-7,9H,8H2,1-2H3,(H,20,21). The minimum absolute atomic E-state index is 0.0838. The van der Waals surface area contributed by atoms with Crippen molar-refractivity contribution in [1.29, 1.82) is 0 Å². The van der Waals surface area contributed by atoms with E-state index in [4.69, 9.17) is 11.6 Å². The van der Waals surface area contributed by atoms with Crippen molar-refractivity contribution in [2.24, 2.45) is 11.3 Å². The van der Waals surface area contributed by atoms with E-state index < -0.39 is 27.1 Å². The molecule has 0 aliphatic heterocycles. The average Bonchev–Trinajstić information content (AvgIpc) is 2.46. The van der Waals surface area contributed by atoms with Gasteiger partial charge in [-0.25, -0.2) is 8.42 Å². The van der Waals surface area contributed by atoms with Crippen LogP contribution in [-0.2, 0) is 20.4 Å². The SMILES string of the molecule is CC1C=C(S(=O)(=O)Cc2c(Cl)cccc2Br)C(Br)=CC1(C)C(=O)O. The number of carboxylic acids is 1. The monoisotopic (exact) mass is 496 g/mol. The highest BCUT2D eigenvalue weighted by Gasteiger charge is 2.41. The summed E-state index contributed by atoms with van der Waals surface area (Å²) in [4.78, 5) is 11.6. The summed E-state index contributed by atoms with van der Waals surface area (Å²) in [6.45, 7) is 3.25. The van der Waals surface area contributed by atoms with Crippen LogP contribution in [0.3, 0.4) is 0 Å². The minimum atomic E-state index is -3.70. The number of benzene rings is 1. The second-order valence-corrected chi connectivity index (χ2v) is 9.93. The van der Waals surface area contributed by atoms with Crippen molar-refractivity contribution in [1.82, 2.24) is 0 Å². The van der Waals surface area contributed by atoms with Crippen molar-refractivity contribution in [2.45, 2.75) is 19.6 Å². The molecule has 0 fully saturated rings. The van der Waals surface area contributed by atoms with Gasteiger partial charge in [-0.05, 0) is 40.9 Å². The van der Waals surface area contributed by atoms with Crippen LogP contribution in [0.25, 0.3) is 0 Å². The van der Waals surface area contributed by atoms with Crippen molar-refractivity contribution in [3.05, 3.63) is 54.8 Å². The predicted molar refractivity (Wildman–Crippen MR) is 102 cm³/mol. The van der Waals surface area contributed by atoms with Gasteiger partial charge in [-0.15, -0.1) is 0 Å². The van der Waals surface area contributed by atoms with Crippen LogP contribution >= 0.6 is 43.5 Å². The molecule has 2 rings (SSSR count). The van der Waals surface area contributed by atoms with Crippen molar-refractivity contribution < 1.29 is 18.3 Å². The summed E-state index contributed by atoms with van der Waals surface area (Å²) in [6.07, 6.45) is 2.92. The maximum absolute atomic E-state index is 12.8. The molecule has 0 saturated heterocycles. The van der Waals surface area contributed by atoms with E-state index in [2.05, 4.69) is 31.9 Å². The van der Waals surface area contributed by atoms with Gasteiger partial charge in [0.05, 0.1) is 16.1 Å². The number of hydrogen-bond acceptors (Lipinski definition) is 3. The average molecular weight is 499 g/mol. The minimum Gasteiger partial charge on any atom is -0.481 e. The van der Waals surface area contributed by atoms with Crippen molar-refractivity contribution in [3.63, 3.8) is 0 Å². The van der Waals surface area contributed by atoms with Gasteiger partial charge in [0.2, 0.25) is 0 Å². The molecule has 130 valence electrons. The molecule has 1 aromatic rings. The number of rotatable bonds is 4. The summed E-state index contributed by atoms with van der Waals surface area (Å²) in [5, 5.41) is 9.77. The predicted octanol–water partition coefficient (Wildman–Crippen LogP) is 4.92. The fraction of sp³-hybridized carbons (Fsp3) is 0.312. The molecule has 0 heterocycles. The number of carbonyl (C=O) groups is 1. The Hall–Kier alpha value is -0.630. The van der Waals surface area contributed by atoms with E-state index >= 15 is 0 Å². The largest absolute Gasteiger partial charge is 0.481 e. The van der Waals surface area contributed by atoms with E-state index in [-0.39, 0.29) is 15.1 Å². The highest BCUT2D eigenvalue weighted by molar-refractivity contribution is 9.12. The van der Waals surface area contributed by atoms with E-state index in [1.807, 2.05) is 0 Å². The highest BCUT2D eigenvalue weighted by Crippen LogP contribution is 2.43. The lowest BCUT2D eigenvalue weighted by Crippen LogP contribution is -2.34. The Morgan fingerprint density at radius 1 is 1.38 bits per heavy atom. The van der Waals surface area contributed by atoms with Gasteiger partial charge in [-0.2, -0.15) is 0 Å². The number of carboxylic acid groups (broad SMARTS) is 1. The molecule has 0 aromatic heterocycles. The maximum Gasteiger partial charge on any atom is 0.313 e. The van der Waals surface area contributed by atoms with Crippen LogP contribution < -0.4 is 0 Å². The number of aliphatic carboxylic acids is 1. The zero-order chi connectivity index (χ0) is 18.3. The van der Waals surface area contributed by atoms with E-state index in [0.29, 0.717) is 15.1 Å². The van der Waals surface area contributed by atoms with Crippen LogP contribution in [0.1, 0.15) is 19.4 Å². The summed E-state index contributed by atoms with van der Waals surface area (Å²) < 4.78 is 26.5. The first-order valence-electron chi connectivity index (χ1n) is 6.98. The second kappa shape index (κ2) is 6.94. The second-order valence-electron chi connectivity index (χ2n) is 5.86. The molecule has 1 aliphatic carbocycles. The lowest BCUT2D eigenvalue weighted by atomic mass is 9.75. The molecule has 0 bridgehead atoms. The Kier molecular flexibility index (Phi) is 5.69. The molecule has 0 saturated carbocycles. The fourth-order valence-corrected chi connectivity index (χ4v) is 6.48. The third-order valence-electron chi connectivity index (χ3n) is 4.20. The van der Waals surface area contributed by atoms with Gasteiger partial charge in [0, 0.05) is 19.5 Å². The van der Waals surface area contributed by atoms with Crippen LogP contribution in [0.15, 0.2) is 44.2 Å². The number of sulfone groups is 1. The summed E-state index contributed by atoms with van der Waals surface area (Å²) in [5.41, 5.74) is -0.692. The Morgan fingerprint density at radius 3 is 2.54 bits per heavy atom. The molecule has 8 heteroatoms. The Morgan fingerprint density at radius 2 is 2.00 bits per heavy atom. The zero-order valence-electron chi connectivity index (χ0n) is 12.9. The van der Waals surface area contributed by atoms with Crippen molar-refractivity contribution in [3.8, 4) is 0 Å². The molecule has 0 radical (unpaired) electrons. The molecule has 1 aliphatic rings. The zero-order valence-corrected chi connectivity index (χ0v) is 17.6.